The lowest BCUT2D eigenvalue weighted by molar-refractivity contribution is -0.121. The van der Waals surface area contributed by atoms with Crippen LogP contribution in [0.5, 0.6) is 0 Å². The molecule has 0 radical (unpaired) electrons. The molecular weight excluding hydrogens is 252 g/mol. The summed E-state index contributed by atoms with van der Waals surface area (Å²) in [5.41, 5.74) is 0. The fraction of sp³-hybridized carbons (Fsp3) is 0.917. The molecule has 0 rings (SSSR count). The van der Waals surface area contributed by atoms with Crippen molar-refractivity contribution in [3.05, 3.63) is 0 Å². The number of carbonyl (C=O) groups is 1. The van der Waals surface area contributed by atoms with Gasteiger partial charge in [-0.15, -0.1) is 0 Å². The molecule has 0 heterocycles. The van der Waals surface area contributed by atoms with Crippen LogP contribution in [0.1, 0.15) is 46.5 Å². The summed E-state index contributed by atoms with van der Waals surface area (Å²) in [7, 11) is -3.24. The van der Waals surface area contributed by atoms with Crippen molar-refractivity contribution in [2.24, 2.45) is 0 Å². The van der Waals surface area contributed by atoms with Crippen LogP contribution in [0.4, 0.5) is 0 Å². The van der Waals surface area contributed by atoms with Crippen molar-refractivity contribution in [3.8, 4) is 0 Å². The molecule has 0 atom stereocenters. The van der Waals surface area contributed by atoms with Crippen LogP contribution in [0.15, 0.2) is 0 Å². The summed E-state index contributed by atoms with van der Waals surface area (Å²) in [6.07, 6.45) is 4.58. The molecule has 0 spiro atoms. The van der Waals surface area contributed by atoms with Gasteiger partial charge in [0.25, 0.3) is 0 Å². The Morgan fingerprint density at radius 2 is 1.89 bits per heavy atom. The molecule has 0 fully saturated rings. The predicted octanol–water partition coefficient (Wildman–Crippen LogP) is 1.35. The maximum Gasteiger partial charge on any atom is 0.221 e. The first kappa shape index (κ1) is 17.4. The summed E-state index contributed by atoms with van der Waals surface area (Å²) in [6.45, 7) is 6.64. The van der Waals surface area contributed by atoms with E-state index in [9.17, 15) is 13.2 Å². The van der Waals surface area contributed by atoms with Crippen molar-refractivity contribution < 1.29 is 13.2 Å². The molecular formula is C12H26N2O3S. The standard InChI is InChI=1S/C12H26N2O3S/c1-5-6-7-9-13-12(15)8-10-14(11(2)3)18(4,16)17/h11H,5-10H2,1-4H3,(H,13,15). The second-order valence-electron chi connectivity index (χ2n) is 4.77. The van der Waals surface area contributed by atoms with Crippen LogP contribution in [0.2, 0.25) is 0 Å². The number of hydrogen-bond acceptors (Lipinski definition) is 3. The summed E-state index contributed by atoms with van der Waals surface area (Å²) < 4.78 is 24.3. The number of sulfonamides is 1. The summed E-state index contributed by atoms with van der Waals surface area (Å²) in [6, 6.07) is -0.118. The minimum atomic E-state index is -3.24. The zero-order chi connectivity index (χ0) is 14.2. The average Bonchev–Trinajstić information content (AvgIpc) is 2.22. The largest absolute Gasteiger partial charge is 0.356 e. The van der Waals surface area contributed by atoms with E-state index < -0.39 is 10.0 Å². The van der Waals surface area contributed by atoms with Crippen molar-refractivity contribution in [3.63, 3.8) is 0 Å². The molecule has 5 nitrogen and oxygen atoms in total. The van der Waals surface area contributed by atoms with Crippen LogP contribution in [0, 0.1) is 0 Å². The zero-order valence-corrected chi connectivity index (χ0v) is 12.7. The van der Waals surface area contributed by atoms with E-state index in [-0.39, 0.29) is 24.9 Å². The maximum absolute atomic E-state index is 11.5. The van der Waals surface area contributed by atoms with Crippen molar-refractivity contribution in [1.29, 1.82) is 0 Å². The van der Waals surface area contributed by atoms with Gasteiger partial charge in [0.1, 0.15) is 0 Å². The molecule has 0 aliphatic heterocycles. The normalized spacial score (nSPS) is 12.1. The Morgan fingerprint density at radius 3 is 2.33 bits per heavy atom. The minimum absolute atomic E-state index is 0.0830. The highest BCUT2D eigenvalue weighted by molar-refractivity contribution is 7.88. The third-order valence-corrected chi connectivity index (χ3v) is 4.12. The first-order valence-corrected chi connectivity index (χ1v) is 8.37. The van der Waals surface area contributed by atoms with Crippen LogP contribution in [-0.2, 0) is 14.8 Å². The summed E-state index contributed by atoms with van der Waals surface area (Å²) in [5.74, 6) is -0.0830. The Morgan fingerprint density at radius 1 is 1.28 bits per heavy atom. The lowest BCUT2D eigenvalue weighted by Crippen LogP contribution is -2.39. The fourth-order valence-corrected chi connectivity index (χ4v) is 2.90. The Labute approximate surface area is 111 Å². The molecule has 1 amide bonds. The number of nitrogens with one attached hydrogen (secondary N) is 1. The summed E-state index contributed by atoms with van der Waals surface area (Å²) in [4.78, 5) is 11.5. The van der Waals surface area contributed by atoms with Gasteiger partial charge in [0, 0.05) is 25.6 Å². The number of nitrogens with zero attached hydrogens (tertiary/aromatic N) is 1. The number of hydrogen-bond donors (Lipinski definition) is 1. The van der Waals surface area contributed by atoms with E-state index in [2.05, 4.69) is 12.2 Å². The van der Waals surface area contributed by atoms with Crippen molar-refractivity contribution >= 4 is 15.9 Å². The SMILES string of the molecule is CCCCCNC(=O)CCN(C(C)C)S(C)(=O)=O. The second kappa shape index (κ2) is 8.48. The van der Waals surface area contributed by atoms with Gasteiger partial charge in [-0.25, -0.2) is 8.42 Å². The third-order valence-electron chi connectivity index (χ3n) is 2.66. The van der Waals surface area contributed by atoms with Gasteiger partial charge in [0.15, 0.2) is 0 Å². The molecule has 108 valence electrons. The molecule has 0 aromatic rings. The predicted molar refractivity (Wildman–Crippen MR) is 73.8 cm³/mol. The van der Waals surface area contributed by atoms with Gasteiger partial charge in [-0.05, 0) is 20.3 Å². The Kier molecular flexibility index (Phi) is 8.18. The molecule has 0 bridgehead atoms. The fourth-order valence-electron chi connectivity index (χ4n) is 1.71. The van der Waals surface area contributed by atoms with Crippen LogP contribution in [-0.4, -0.2) is 44.0 Å². The lowest BCUT2D eigenvalue weighted by atomic mass is 10.2. The van der Waals surface area contributed by atoms with Gasteiger partial charge >= 0.3 is 0 Å². The molecule has 6 heteroatoms. The van der Waals surface area contributed by atoms with Crippen LogP contribution < -0.4 is 5.32 Å². The number of amides is 1. The van der Waals surface area contributed by atoms with E-state index in [1.807, 2.05) is 0 Å². The van der Waals surface area contributed by atoms with Gasteiger partial charge in [-0.2, -0.15) is 4.31 Å². The maximum atomic E-state index is 11.5. The van der Waals surface area contributed by atoms with E-state index >= 15 is 0 Å². The van der Waals surface area contributed by atoms with Crippen LogP contribution >= 0.6 is 0 Å². The van der Waals surface area contributed by atoms with Crippen molar-refractivity contribution in [2.75, 3.05) is 19.3 Å². The van der Waals surface area contributed by atoms with E-state index in [0.717, 1.165) is 19.3 Å². The molecule has 0 aromatic carbocycles. The van der Waals surface area contributed by atoms with Gasteiger partial charge in [0.2, 0.25) is 15.9 Å². The molecule has 0 aliphatic rings. The first-order valence-electron chi connectivity index (χ1n) is 6.52. The highest BCUT2D eigenvalue weighted by atomic mass is 32.2. The monoisotopic (exact) mass is 278 g/mol. The molecule has 1 N–H and O–H groups in total. The zero-order valence-electron chi connectivity index (χ0n) is 11.9. The van der Waals surface area contributed by atoms with Crippen LogP contribution in [0.25, 0.3) is 0 Å². The minimum Gasteiger partial charge on any atom is -0.356 e. The highest BCUT2D eigenvalue weighted by Crippen LogP contribution is 2.05. The Hall–Kier alpha value is -0.620. The first-order chi connectivity index (χ1) is 8.29. The molecule has 0 saturated carbocycles. The average molecular weight is 278 g/mol. The topological polar surface area (TPSA) is 66.5 Å². The van der Waals surface area contributed by atoms with Crippen molar-refractivity contribution in [1.82, 2.24) is 9.62 Å². The van der Waals surface area contributed by atoms with E-state index in [1.54, 1.807) is 13.8 Å². The van der Waals surface area contributed by atoms with E-state index in [4.69, 9.17) is 0 Å². The Bertz CT molecular complexity index is 339. The molecule has 0 saturated heterocycles. The van der Waals surface area contributed by atoms with Crippen LogP contribution in [0.3, 0.4) is 0 Å². The summed E-state index contributed by atoms with van der Waals surface area (Å²) >= 11 is 0. The smallest absolute Gasteiger partial charge is 0.221 e. The van der Waals surface area contributed by atoms with Gasteiger partial charge in [0.05, 0.1) is 6.26 Å². The van der Waals surface area contributed by atoms with E-state index in [0.29, 0.717) is 6.54 Å². The Balaban J connectivity index is 4.02. The molecule has 0 aliphatic carbocycles. The highest BCUT2D eigenvalue weighted by Gasteiger charge is 2.20. The van der Waals surface area contributed by atoms with Gasteiger partial charge in [-0.3, -0.25) is 4.79 Å². The second-order valence-corrected chi connectivity index (χ2v) is 6.71. The molecule has 0 aromatic heterocycles. The van der Waals surface area contributed by atoms with E-state index in [1.165, 1.54) is 10.6 Å². The van der Waals surface area contributed by atoms with Gasteiger partial charge < -0.3 is 5.32 Å². The lowest BCUT2D eigenvalue weighted by Gasteiger charge is -2.23. The molecule has 18 heavy (non-hydrogen) atoms. The number of rotatable bonds is 9. The third kappa shape index (κ3) is 7.66. The van der Waals surface area contributed by atoms with Gasteiger partial charge in [-0.1, -0.05) is 19.8 Å². The quantitative estimate of drug-likeness (QED) is 0.647. The molecule has 0 unspecified atom stereocenters. The summed E-state index contributed by atoms with van der Waals surface area (Å²) in [5, 5.41) is 2.80. The number of unbranched alkanes of at least 4 members (excludes halogenated alkanes) is 2. The number of carbonyl (C=O) groups excluding carboxylic acids is 1. The van der Waals surface area contributed by atoms with Crippen molar-refractivity contribution in [2.45, 2.75) is 52.5 Å².